The summed E-state index contributed by atoms with van der Waals surface area (Å²) in [5, 5.41) is 0. The monoisotopic (exact) mass is 303 g/mol. The van der Waals surface area contributed by atoms with Gasteiger partial charge in [0.05, 0.1) is 17.7 Å². The second kappa shape index (κ2) is 5.41. The van der Waals surface area contributed by atoms with Gasteiger partial charge in [0.25, 0.3) is 10.0 Å². The fourth-order valence-electron chi connectivity index (χ4n) is 2.62. The van der Waals surface area contributed by atoms with Gasteiger partial charge in [0.2, 0.25) is 0 Å². The van der Waals surface area contributed by atoms with Crippen molar-refractivity contribution in [3.8, 4) is 5.75 Å². The zero-order valence-corrected chi connectivity index (χ0v) is 12.6. The second-order valence-corrected chi connectivity index (χ2v) is 6.80. The number of nitrogens with one attached hydrogen (secondary N) is 1. The van der Waals surface area contributed by atoms with Crippen LogP contribution in [0.3, 0.4) is 0 Å². The van der Waals surface area contributed by atoms with Crippen LogP contribution in [-0.4, -0.2) is 15.5 Å². The topological polar surface area (TPSA) is 55.4 Å². The lowest BCUT2D eigenvalue weighted by Crippen LogP contribution is -2.13. The number of aryl methyl sites for hydroxylation is 2. The molecule has 4 nitrogen and oxygen atoms in total. The van der Waals surface area contributed by atoms with Crippen LogP contribution in [0.25, 0.3) is 0 Å². The van der Waals surface area contributed by atoms with Crippen molar-refractivity contribution in [3.05, 3.63) is 53.6 Å². The van der Waals surface area contributed by atoms with Crippen LogP contribution in [0.5, 0.6) is 5.75 Å². The maximum atomic E-state index is 12.4. The van der Waals surface area contributed by atoms with E-state index in [0.717, 1.165) is 24.8 Å². The molecule has 2 aromatic rings. The van der Waals surface area contributed by atoms with Gasteiger partial charge in [-0.1, -0.05) is 12.1 Å². The fourth-order valence-corrected chi connectivity index (χ4v) is 3.72. The van der Waals surface area contributed by atoms with Crippen molar-refractivity contribution in [1.29, 1.82) is 0 Å². The highest BCUT2D eigenvalue weighted by Crippen LogP contribution is 2.26. The van der Waals surface area contributed by atoms with Crippen molar-refractivity contribution in [3.63, 3.8) is 0 Å². The highest BCUT2D eigenvalue weighted by atomic mass is 32.2. The van der Waals surface area contributed by atoms with E-state index >= 15 is 0 Å². The van der Waals surface area contributed by atoms with E-state index in [9.17, 15) is 8.42 Å². The lowest BCUT2D eigenvalue weighted by atomic mass is 10.1. The summed E-state index contributed by atoms with van der Waals surface area (Å²) in [4.78, 5) is 0.311. The smallest absolute Gasteiger partial charge is 0.261 e. The summed E-state index contributed by atoms with van der Waals surface area (Å²) < 4.78 is 32.6. The summed E-state index contributed by atoms with van der Waals surface area (Å²) >= 11 is 0. The number of anilines is 1. The van der Waals surface area contributed by atoms with E-state index < -0.39 is 10.0 Å². The number of hydrogen-bond donors (Lipinski definition) is 1. The molecule has 0 unspecified atom stereocenters. The van der Waals surface area contributed by atoms with Gasteiger partial charge in [-0.3, -0.25) is 4.72 Å². The van der Waals surface area contributed by atoms with Gasteiger partial charge < -0.3 is 4.74 Å². The number of fused-ring (bicyclic) bond motifs is 1. The molecule has 0 bridgehead atoms. The van der Waals surface area contributed by atoms with Crippen LogP contribution in [0.4, 0.5) is 5.69 Å². The zero-order valence-electron chi connectivity index (χ0n) is 11.8. The van der Waals surface area contributed by atoms with E-state index in [0.29, 0.717) is 16.3 Å². The molecule has 0 saturated heterocycles. The van der Waals surface area contributed by atoms with E-state index in [2.05, 4.69) is 4.72 Å². The number of methoxy groups -OCH3 is 1. The van der Waals surface area contributed by atoms with E-state index in [1.165, 1.54) is 5.56 Å². The Hall–Kier alpha value is -2.01. The predicted molar refractivity (Wildman–Crippen MR) is 82.3 cm³/mol. The largest absolute Gasteiger partial charge is 0.497 e. The molecule has 0 spiro atoms. The van der Waals surface area contributed by atoms with Crippen molar-refractivity contribution < 1.29 is 13.2 Å². The molecule has 0 heterocycles. The number of ether oxygens (including phenoxy) is 1. The highest BCUT2D eigenvalue weighted by Gasteiger charge is 2.18. The molecular weight excluding hydrogens is 286 g/mol. The number of benzene rings is 2. The molecule has 0 saturated carbocycles. The van der Waals surface area contributed by atoms with E-state index in [4.69, 9.17) is 4.74 Å². The summed E-state index contributed by atoms with van der Waals surface area (Å²) in [6.07, 6.45) is 3.10. The van der Waals surface area contributed by atoms with Crippen LogP contribution < -0.4 is 9.46 Å². The Balaban J connectivity index is 1.89. The molecule has 21 heavy (non-hydrogen) atoms. The molecule has 0 aromatic heterocycles. The zero-order chi connectivity index (χ0) is 14.9. The van der Waals surface area contributed by atoms with Crippen LogP contribution in [0, 0.1) is 0 Å². The van der Waals surface area contributed by atoms with E-state index in [1.807, 2.05) is 6.07 Å². The highest BCUT2D eigenvalue weighted by molar-refractivity contribution is 7.92. The average Bonchev–Trinajstić information content (AvgIpc) is 2.94. The van der Waals surface area contributed by atoms with Crippen LogP contribution in [0.1, 0.15) is 17.5 Å². The SMILES string of the molecule is COc1cccc(NS(=O)(=O)c2ccc3c(c2)CCC3)c1. The van der Waals surface area contributed by atoms with Gasteiger partial charge in [0.15, 0.2) is 0 Å². The first-order chi connectivity index (χ1) is 10.1. The van der Waals surface area contributed by atoms with Crippen LogP contribution in [-0.2, 0) is 22.9 Å². The van der Waals surface area contributed by atoms with E-state index in [1.54, 1.807) is 43.5 Å². The minimum atomic E-state index is -3.57. The fraction of sp³-hybridized carbons (Fsp3) is 0.250. The lowest BCUT2D eigenvalue weighted by Gasteiger charge is -2.10. The lowest BCUT2D eigenvalue weighted by molar-refractivity contribution is 0.415. The quantitative estimate of drug-likeness (QED) is 0.944. The van der Waals surface area contributed by atoms with Crippen molar-refractivity contribution >= 4 is 15.7 Å². The first-order valence-corrected chi connectivity index (χ1v) is 8.35. The van der Waals surface area contributed by atoms with Gasteiger partial charge in [-0.15, -0.1) is 0 Å². The maximum Gasteiger partial charge on any atom is 0.261 e. The van der Waals surface area contributed by atoms with Gasteiger partial charge >= 0.3 is 0 Å². The molecule has 0 fully saturated rings. The molecule has 0 amide bonds. The molecule has 110 valence electrons. The van der Waals surface area contributed by atoms with Crippen LogP contribution in [0.2, 0.25) is 0 Å². The minimum absolute atomic E-state index is 0.311. The Labute approximate surface area is 124 Å². The number of rotatable bonds is 4. The van der Waals surface area contributed by atoms with Crippen molar-refractivity contribution in [2.75, 3.05) is 11.8 Å². The molecule has 5 heteroatoms. The van der Waals surface area contributed by atoms with Gasteiger partial charge in [0, 0.05) is 6.07 Å². The van der Waals surface area contributed by atoms with Gasteiger partial charge in [-0.25, -0.2) is 8.42 Å². The molecule has 1 aliphatic carbocycles. The number of sulfonamides is 1. The molecule has 0 atom stereocenters. The maximum absolute atomic E-state index is 12.4. The second-order valence-electron chi connectivity index (χ2n) is 5.12. The van der Waals surface area contributed by atoms with Crippen LogP contribution >= 0.6 is 0 Å². The summed E-state index contributed by atoms with van der Waals surface area (Å²) in [6.45, 7) is 0. The van der Waals surface area contributed by atoms with Crippen molar-refractivity contribution in [2.24, 2.45) is 0 Å². The molecule has 1 aliphatic rings. The Morgan fingerprint density at radius 2 is 1.86 bits per heavy atom. The molecule has 0 aliphatic heterocycles. The van der Waals surface area contributed by atoms with Gasteiger partial charge in [0.1, 0.15) is 5.75 Å². The molecular formula is C16H17NO3S. The Kier molecular flexibility index (Phi) is 3.59. The Morgan fingerprint density at radius 3 is 2.67 bits per heavy atom. The summed E-state index contributed by atoms with van der Waals surface area (Å²) in [5.74, 6) is 0.615. The third kappa shape index (κ3) is 2.88. The Morgan fingerprint density at radius 1 is 1.05 bits per heavy atom. The molecule has 1 N–H and O–H groups in total. The van der Waals surface area contributed by atoms with Gasteiger partial charge in [-0.2, -0.15) is 0 Å². The third-order valence-electron chi connectivity index (χ3n) is 3.70. The first kappa shape index (κ1) is 13.9. The molecule has 3 rings (SSSR count). The van der Waals surface area contributed by atoms with Crippen molar-refractivity contribution in [1.82, 2.24) is 0 Å². The van der Waals surface area contributed by atoms with Crippen molar-refractivity contribution in [2.45, 2.75) is 24.2 Å². The normalized spacial score (nSPS) is 13.8. The average molecular weight is 303 g/mol. The minimum Gasteiger partial charge on any atom is -0.497 e. The molecule has 2 aromatic carbocycles. The summed E-state index contributed by atoms with van der Waals surface area (Å²) in [6, 6.07) is 12.3. The predicted octanol–water partition coefficient (Wildman–Crippen LogP) is 2.98. The Bertz CT molecular complexity index is 769. The van der Waals surface area contributed by atoms with E-state index in [-0.39, 0.29) is 0 Å². The standard InChI is InChI=1S/C16H17NO3S/c1-20-15-7-3-6-14(11-15)17-21(18,19)16-9-8-12-4-2-5-13(12)10-16/h3,6-11,17H,2,4-5H2,1H3. The summed E-state index contributed by atoms with van der Waals surface area (Å²) in [5.41, 5.74) is 2.90. The molecule has 0 radical (unpaired) electrons. The third-order valence-corrected chi connectivity index (χ3v) is 5.08. The first-order valence-electron chi connectivity index (χ1n) is 6.87. The summed E-state index contributed by atoms with van der Waals surface area (Å²) in [7, 11) is -2.02. The number of hydrogen-bond acceptors (Lipinski definition) is 3. The van der Waals surface area contributed by atoms with Crippen LogP contribution in [0.15, 0.2) is 47.4 Å². The van der Waals surface area contributed by atoms with Gasteiger partial charge in [-0.05, 0) is 54.7 Å².